The van der Waals surface area contributed by atoms with Crippen LogP contribution in [0, 0.1) is 0 Å². The first-order valence-corrected chi connectivity index (χ1v) is 9.11. The fourth-order valence-corrected chi connectivity index (χ4v) is 4.33. The molecule has 5 nitrogen and oxygen atoms in total. The Morgan fingerprint density at radius 3 is 2.46 bits per heavy atom. The number of benzene rings is 3. The molecule has 3 heterocycles. The average Bonchev–Trinajstić information content (AvgIpc) is 3.27. The van der Waals surface area contributed by atoms with Crippen molar-refractivity contribution in [3.63, 3.8) is 0 Å². The van der Waals surface area contributed by atoms with Crippen molar-refractivity contribution in [3.8, 4) is 5.69 Å². The number of aromatic nitrogens is 3. The summed E-state index contributed by atoms with van der Waals surface area (Å²) in [5.74, 6) is 0.321. The van der Waals surface area contributed by atoms with Gasteiger partial charge in [0.25, 0.3) is 5.56 Å². The Balaban J connectivity index is 1.81. The molecule has 1 atom stereocenters. The molecule has 3 aromatic carbocycles. The standard InChI is InChI=1S/C23H15N3O2/c27-21-15-8-2-5-11-19(15)25-22-23(28,16-9-3-6-12-20(16)26(21)22)17-13-24-18-10-4-1-7-14(17)18/h1-13,24,28H. The van der Waals surface area contributed by atoms with E-state index in [-0.39, 0.29) is 5.56 Å². The van der Waals surface area contributed by atoms with Crippen LogP contribution in [0.4, 0.5) is 0 Å². The zero-order valence-corrected chi connectivity index (χ0v) is 14.8. The Kier molecular flexibility index (Phi) is 2.84. The van der Waals surface area contributed by atoms with Gasteiger partial charge in [-0.1, -0.05) is 48.5 Å². The van der Waals surface area contributed by atoms with Crippen LogP contribution >= 0.6 is 0 Å². The summed E-state index contributed by atoms with van der Waals surface area (Å²) in [6.45, 7) is 0. The Labute approximate surface area is 159 Å². The monoisotopic (exact) mass is 365 g/mol. The van der Waals surface area contributed by atoms with Gasteiger partial charge in [-0.05, 0) is 24.3 Å². The van der Waals surface area contributed by atoms with Gasteiger partial charge in [-0.3, -0.25) is 9.36 Å². The van der Waals surface area contributed by atoms with E-state index in [0.717, 1.165) is 10.9 Å². The van der Waals surface area contributed by atoms with Gasteiger partial charge in [0.1, 0.15) is 0 Å². The number of rotatable bonds is 1. The van der Waals surface area contributed by atoms with E-state index < -0.39 is 5.60 Å². The van der Waals surface area contributed by atoms with Gasteiger partial charge in [0.2, 0.25) is 0 Å². The molecule has 0 radical (unpaired) electrons. The molecular weight excluding hydrogens is 350 g/mol. The third kappa shape index (κ3) is 1.74. The molecule has 0 spiro atoms. The van der Waals surface area contributed by atoms with E-state index in [1.54, 1.807) is 22.9 Å². The second kappa shape index (κ2) is 5.18. The summed E-state index contributed by atoms with van der Waals surface area (Å²) in [7, 11) is 0. The lowest BCUT2D eigenvalue weighted by Gasteiger charge is -2.23. The average molecular weight is 365 g/mol. The summed E-state index contributed by atoms with van der Waals surface area (Å²) >= 11 is 0. The minimum Gasteiger partial charge on any atom is -0.373 e. The smallest absolute Gasteiger partial charge is 0.266 e. The van der Waals surface area contributed by atoms with Crippen LogP contribution in [0.15, 0.2) is 83.8 Å². The van der Waals surface area contributed by atoms with Gasteiger partial charge in [-0.25, -0.2) is 4.98 Å². The van der Waals surface area contributed by atoms with Crippen molar-refractivity contribution in [2.45, 2.75) is 5.60 Å². The van der Waals surface area contributed by atoms with E-state index >= 15 is 0 Å². The van der Waals surface area contributed by atoms with E-state index in [4.69, 9.17) is 4.98 Å². The Morgan fingerprint density at radius 1 is 0.857 bits per heavy atom. The highest BCUT2D eigenvalue weighted by Gasteiger charge is 2.47. The molecule has 1 unspecified atom stereocenters. The molecule has 2 N–H and O–H groups in total. The first-order valence-electron chi connectivity index (χ1n) is 9.11. The number of nitrogens with one attached hydrogen (secondary N) is 1. The molecule has 0 aliphatic carbocycles. The lowest BCUT2D eigenvalue weighted by Crippen LogP contribution is -2.31. The summed E-state index contributed by atoms with van der Waals surface area (Å²) in [6, 6.07) is 22.5. The predicted molar refractivity (Wildman–Crippen MR) is 108 cm³/mol. The van der Waals surface area contributed by atoms with Gasteiger partial charge >= 0.3 is 0 Å². The number of nitrogens with zero attached hydrogens (tertiary/aromatic N) is 2. The Hall–Kier alpha value is -3.70. The third-order valence-corrected chi connectivity index (χ3v) is 5.61. The molecule has 5 aromatic rings. The first-order chi connectivity index (χ1) is 13.7. The lowest BCUT2D eigenvalue weighted by atomic mass is 9.86. The number of hydrogen-bond donors (Lipinski definition) is 2. The fourth-order valence-electron chi connectivity index (χ4n) is 4.33. The molecule has 1 aliphatic heterocycles. The molecule has 5 heteroatoms. The van der Waals surface area contributed by atoms with Crippen molar-refractivity contribution < 1.29 is 5.11 Å². The van der Waals surface area contributed by atoms with Crippen LogP contribution < -0.4 is 5.56 Å². The largest absolute Gasteiger partial charge is 0.373 e. The van der Waals surface area contributed by atoms with Gasteiger partial charge in [0, 0.05) is 28.2 Å². The fraction of sp³-hybridized carbons (Fsp3) is 0.0435. The second-order valence-corrected chi connectivity index (χ2v) is 7.07. The van der Waals surface area contributed by atoms with E-state index in [2.05, 4.69) is 4.98 Å². The molecule has 134 valence electrons. The molecule has 0 saturated carbocycles. The van der Waals surface area contributed by atoms with Gasteiger partial charge in [-0.15, -0.1) is 0 Å². The first kappa shape index (κ1) is 15.4. The zero-order valence-electron chi connectivity index (χ0n) is 14.8. The lowest BCUT2D eigenvalue weighted by molar-refractivity contribution is 0.123. The topological polar surface area (TPSA) is 70.9 Å². The molecular formula is C23H15N3O2. The van der Waals surface area contributed by atoms with Crippen molar-refractivity contribution in [1.82, 2.24) is 14.5 Å². The molecule has 2 aromatic heterocycles. The van der Waals surface area contributed by atoms with Crippen LogP contribution in [0.2, 0.25) is 0 Å². The van der Waals surface area contributed by atoms with Crippen LogP contribution in [0.5, 0.6) is 0 Å². The Bertz CT molecular complexity index is 1460. The maximum atomic E-state index is 13.3. The summed E-state index contributed by atoms with van der Waals surface area (Å²) in [4.78, 5) is 21.3. The number of fused-ring (bicyclic) bond motifs is 5. The molecule has 0 amide bonds. The normalized spacial score (nSPS) is 17.8. The maximum absolute atomic E-state index is 13.3. The van der Waals surface area contributed by atoms with E-state index in [1.807, 2.05) is 60.7 Å². The number of aromatic amines is 1. The number of para-hydroxylation sites is 3. The number of H-pyrrole nitrogens is 1. The highest BCUT2D eigenvalue weighted by molar-refractivity contribution is 5.87. The quantitative estimate of drug-likeness (QED) is 0.478. The van der Waals surface area contributed by atoms with Crippen LogP contribution in [0.1, 0.15) is 17.0 Å². The molecule has 28 heavy (non-hydrogen) atoms. The zero-order chi connectivity index (χ0) is 18.9. The number of hydrogen-bond acceptors (Lipinski definition) is 3. The summed E-state index contributed by atoms with van der Waals surface area (Å²) in [5, 5.41) is 13.5. The van der Waals surface area contributed by atoms with E-state index in [9.17, 15) is 9.90 Å². The number of aliphatic hydroxyl groups is 1. The van der Waals surface area contributed by atoms with Crippen LogP contribution in [0.3, 0.4) is 0 Å². The van der Waals surface area contributed by atoms with Gasteiger partial charge in [0.15, 0.2) is 11.4 Å². The van der Waals surface area contributed by atoms with Crippen molar-refractivity contribution in [3.05, 3.63) is 106 Å². The SMILES string of the molecule is O=c1c2ccccc2nc2n1-c1ccccc1C2(O)c1c[nH]c2ccccc12. The van der Waals surface area contributed by atoms with Gasteiger partial charge in [-0.2, -0.15) is 0 Å². The van der Waals surface area contributed by atoms with Crippen molar-refractivity contribution in [2.24, 2.45) is 0 Å². The summed E-state index contributed by atoms with van der Waals surface area (Å²) in [5.41, 5.74) is 1.79. The predicted octanol–water partition coefficient (Wildman–Crippen LogP) is 3.46. The minimum absolute atomic E-state index is 0.177. The Morgan fingerprint density at radius 2 is 1.57 bits per heavy atom. The third-order valence-electron chi connectivity index (χ3n) is 5.61. The summed E-state index contributed by atoms with van der Waals surface area (Å²) < 4.78 is 1.54. The second-order valence-electron chi connectivity index (χ2n) is 7.07. The van der Waals surface area contributed by atoms with E-state index in [1.165, 1.54) is 0 Å². The van der Waals surface area contributed by atoms with Gasteiger partial charge < -0.3 is 10.1 Å². The maximum Gasteiger partial charge on any atom is 0.266 e. The van der Waals surface area contributed by atoms with Crippen molar-refractivity contribution >= 4 is 21.8 Å². The van der Waals surface area contributed by atoms with Gasteiger partial charge in [0.05, 0.1) is 16.6 Å². The molecule has 0 saturated heterocycles. The molecule has 1 aliphatic rings. The highest BCUT2D eigenvalue weighted by Crippen LogP contribution is 2.46. The summed E-state index contributed by atoms with van der Waals surface area (Å²) in [6.07, 6.45) is 1.80. The van der Waals surface area contributed by atoms with Crippen LogP contribution in [-0.4, -0.2) is 19.6 Å². The van der Waals surface area contributed by atoms with Crippen molar-refractivity contribution in [2.75, 3.05) is 0 Å². The van der Waals surface area contributed by atoms with Crippen LogP contribution in [-0.2, 0) is 5.60 Å². The highest BCUT2D eigenvalue weighted by atomic mass is 16.3. The molecule has 0 bridgehead atoms. The van der Waals surface area contributed by atoms with Crippen molar-refractivity contribution in [1.29, 1.82) is 0 Å². The minimum atomic E-state index is -1.53. The molecule has 6 rings (SSSR count). The van der Waals surface area contributed by atoms with E-state index in [0.29, 0.717) is 33.5 Å². The molecule has 0 fully saturated rings. The van der Waals surface area contributed by atoms with Crippen LogP contribution in [0.25, 0.3) is 27.5 Å².